The second kappa shape index (κ2) is 5.32. The summed E-state index contributed by atoms with van der Waals surface area (Å²) in [7, 11) is 0. The molecule has 1 heterocycles. The van der Waals surface area contributed by atoms with Crippen LogP contribution in [0.15, 0.2) is 18.2 Å². The van der Waals surface area contributed by atoms with Gasteiger partial charge in [-0.1, -0.05) is 23.8 Å². The fourth-order valence-electron chi connectivity index (χ4n) is 2.32. The van der Waals surface area contributed by atoms with E-state index in [1.807, 2.05) is 0 Å². The number of carbonyl (C=O) groups excluding carboxylic acids is 1. The highest BCUT2D eigenvalue weighted by Gasteiger charge is 2.17. The van der Waals surface area contributed by atoms with Crippen molar-refractivity contribution in [2.24, 2.45) is 0 Å². The van der Waals surface area contributed by atoms with E-state index in [1.54, 1.807) is 0 Å². The molecule has 0 spiro atoms. The molecule has 0 saturated carbocycles. The van der Waals surface area contributed by atoms with Crippen LogP contribution in [0.1, 0.15) is 23.1 Å². The summed E-state index contributed by atoms with van der Waals surface area (Å²) in [6, 6.07) is 6.84. The van der Waals surface area contributed by atoms with E-state index in [-0.39, 0.29) is 11.9 Å². The molecule has 17 heavy (non-hydrogen) atoms. The largest absolute Gasteiger partial charge is 0.351 e. The van der Waals surface area contributed by atoms with Crippen molar-refractivity contribution in [1.82, 2.24) is 10.6 Å². The van der Waals surface area contributed by atoms with Crippen LogP contribution < -0.4 is 10.6 Å². The van der Waals surface area contributed by atoms with E-state index in [2.05, 4.69) is 42.7 Å². The van der Waals surface area contributed by atoms with Crippen LogP contribution in [0, 0.1) is 13.8 Å². The van der Waals surface area contributed by atoms with Crippen LogP contribution in [0.3, 0.4) is 0 Å². The first-order valence-electron chi connectivity index (χ1n) is 6.21. The van der Waals surface area contributed by atoms with Crippen molar-refractivity contribution in [3.05, 3.63) is 34.9 Å². The molecule has 1 aliphatic rings. The number of hydrogen-bond donors (Lipinski definition) is 2. The van der Waals surface area contributed by atoms with Gasteiger partial charge in [-0.2, -0.15) is 0 Å². The lowest BCUT2D eigenvalue weighted by Crippen LogP contribution is -2.52. The van der Waals surface area contributed by atoms with Crippen LogP contribution in [0.25, 0.3) is 0 Å². The van der Waals surface area contributed by atoms with Crippen molar-refractivity contribution in [2.45, 2.75) is 32.7 Å². The van der Waals surface area contributed by atoms with Crippen LogP contribution in [-0.2, 0) is 11.2 Å². The molecule has 92 valence electrons. The third kappa shape index (κ3) is 3.30. The topological polar surface area (TPSA) is 41.1 Å². The number of rotatable bonds is 3. The number of piperazine rings is 1. The zero-order chi connectivity index (χ0) is 12.3. The Morgan fingerprint density at radius 2 is 2.18 bits per heavy atom. The maximum atomic E-state index is 11.2. The van der Waals surface area contributed by atoms with Crippen LogP contribution in [0.2, 0.25) is 0 Å². The summed E-state index contributed by atoms with van der Waals surface area (Å²) in [4.78, 5) is 11.2. The van der Waals surface area contributed by atoms with Gasteiger partial charge in [0.25, 0.3) is 0 Å². The van der Waals surface area contributed by atoms with Gasteiger partial charge in [0.2, 0.25) is 5.91 Å². The highest BCUT2D eigenvalue weighted by atomic mass is 16.2. The third-order valence-corrected chi connectivity index (χ3v) is 3.30. The number of benzene rings is 1. The third-order valence-electron chi connectivity index (χ3n) is 3.30. The van der Waals surface area contributed by atoms with Gasteiger partial charge in [0.1, 0.15) is 0 Å². The zero-order valence-corrected chi connectivity index (χ0v) is 10.5. The first-order chi connectivity index (χ1) is 8.15. The van der Waals surface area contributed by atoms with E-state index < -0.39 is 0 Å². The summed E-state index contributed by atoms with van der Waals surface area (Å²) in [5.41, 5.74) is 4.04. The van der Waals surface area contributed by atoms with Gasteiger partial charge in [0.05, 0.1) is 6.54 Å². The maximum Gasteiger partial charge on any atom is 0.234 e. The van der Waals surface area contributed by atoms with Gasteiger partial charge in [-0.3, -0.25) is 4.79 Å². The highest BCUT2D eigenvalue weighted by Crippen LogP contribution is 2.13. The summed E-state index contributed by atoms with van der Waals surface area (Å²) >= 11 is 0. The molecule has 0 bridgehead atoms. The Balaban J connectivity index is 1.91. The fraction of sp³-hybridized carbons (Fsp3) is 0.500. The second-order valence-electron chi connectivity index (χ2n) is 4.86. The Kier molecular flexibility index (Phi) is 3.79. The van der Waals surface area contributed by atoms with Crippen molar-refractivity contribution < 1.29 is 4.79 Å². The van der Waals surface area contributed by atoms with Crippen molar-refractivity contribution in [3.63, 3.8) is 0 Å². The molecule has 1 atom stereocenters. The fourth-order valence-corrected chi connectivity index (χ4v) is 2.32. The lowest BCUT2D eigenvalue weighted by atomic mass is 9.99. The van der Waals surface area contributed by atoms with E-state index in [9.17, 15) is 4.79 Å². The maximum absolute atomic E-state index is 11.2. The van der Waals surface area contributed by atoms with Crippen LogP contribution in [-0.4, -0.2) is 25.0 Å². The van der Waals surface area contributed by atoms with Gasteiger partial charge >= 0.3 is 0 Å². The normalized spacial score (nSPS) is 20.1. The van der Waals surface area contributed by atoms with Crippen LogP contribution in [0.5, 0.6) is 0 Å². The Hall–Kier alpha value is -1.35. The standard InChI is InChI=1S/C14H20N2O/c1-10-3-4-12(11(2)7-10)5-6-13-8-15-9-14(17)16-13/h3-4,7,13,15H,5-6,8-9H2,1-2H3,(H,16,17). The molecule has 2 N–H and O–H groups in total. The smallest absolute Gasteiger partial charge is 0.234 e. The molecule has 1 saturated heterocycles. The predicted octanol–water partition coefficient (Wildman–Crippen LogP) is 1.32. The molecule has 1 aromatic rings. The highest BCUT2D eigenvalue weighted by molar-refractivity contribution is 5.79. The average Bonchev–Trinajstić information content (AvgIpc) is 2.28. The first-order valence-corrected chi connectivity index (χ1v) is 6.21. The first kappa shape index (κ1) is 12.1. The monoisotopic (exact) mass is 232 g/mol. The SMILES string of the molecule is Cc1ccc(CCC2CNCC(=O)N2)c(C)c1. The second-order valence-corrected chi connectivity index (χ2v) is 4.86. The molecule has 1 aromatic carbocycles. The quantitative estimate of drug-likeness (QED) is 0.825. The minimum Gasteiger partial charge on any atom is -0.351 e. The molecule has 0 aromatic heterocycles. The molecule has 3 nitrogen and oxygen atoms in total. The van der Waals surface area contributed by atoms with E-state index in [4.69, 9.17) is 0 Å². The van der Waals surface area contributed by atoms with Gasteiger partial charge in [0.15, 0.2) is 0 Å². The Bertz CT molecular complexity index is 415. The predicted molar refractivity (Wildman–Crippen MR) is 69.0 cm³/mol. The molecule has 0 radical (unpaired) electrons. The number of amides is 1. The lowest BCUT2D eigenvalue weighted by molar-refractivity contribution is -0.122. The van der Waals surface area contributed by atoms with Gasteiger partial charge < -0.3 is 10.6 Å². The summed E-state index contributed by atoms with van der Waals surface area (Å²) in [6.07, 6.45) is 2.03. The van der Waals surface area contributed by atoms with Crippen molar-refractivity contribution >= 4 is 5.91 Å². The molecule has 3 heteroatoms. The van der Waals surface area contributed by atoms with E-state index in [0.717, 1.165) is 19.4 Å². The number of nitrogens with one attached hydrogen (secondary N) is 2. The zero-order valence-electron chi connectivity index (χ0n) is 10.5. The number of aryl methyl sites for hydroxylation is 3. The molecule has 1 fully saturated rings. The van der Waals surface area contributed by atoms with Gasteiger partial charge in [-0.25, -0.2) is 0 Å². The lowest BCUT2D eigenvalue weighted by Gasteiger charge is -2.24. The van der Waals surface area contributed by atoms with Gasteiger partial charge in [0, 0.05) is 12.6 Å². The summed E-state index contributed by atoms with van der Waals surface area (Å²) < 4.78 is 0. The van der Waals surface area contributed by atoms with Crippen molar-refractivity contribution in [3.8, 4) is 0 Å². The molecule has 1 unspecified atom stereocenters. The number of carbonyl (C=O) groups is 1. The van der Waals surface area contributed by atoms with Crippen molar-refractivity contribution in [2.75, 3.05) is 13.1 Å². The summed E-state index contributed by atoms with van der Waals surface area (Å²) in [5, 5.41) is 6.15. The molecule has 2 rings (SSSR count). The summed E-state index contributed by atoms with van der Waals surface area (Å²) in [6.45, 7) is 5.61. The van der Waals surface area contributed by atoms with Crippen LogP contribution in [0.4, 0.5) is 0 Å². The minimum absolute atomic E-state index is 0.113. The van der Waals surface area contributed by atoms with Gasteiger partial charge in [-0.15, -0.1) is 0 Å². The Morgan fingerprint density at radius 3 is 2.88 bits per heavy atom. The Morgan fingerprint density at radius 1 is 1.35 bits per heavy atom. The molecule has 1 amide bonds. The van der Waals surface area contributed by atoms with Crippen molar-refractivity contribution in [1.29, 1.82) is 0 Å². The minimum atomic E-state index is 0.113. The Labute approximate surface area is 103 Å². The van der Waals surface area contributed by atoms with Crippen LogP contribution >= 0.6 is 0 Å². The van der Waals surface area contributed by atoms with E-state index in [0.29, 0.717) is 6.54 Å². The van der Waals surface area contributed by atoms with E-state index in [1.165, 1.54) is 16.7 Å². The summed E-state index contributed by atoms with van der Waals surface area (Å²) in [5.74, 6) is 0.113. The van der Waals surface area contributed by atoms with E-state index >= 15 is 0 Å². The van der Waals surface area contributed by atoms with Gasteiger partial charge in [-0.05, 0) is 37.8 Å². The number of hydrogen-bond acceptors (Lipinski definition) is 2. The molecule has 0 aliphatic carbocycles. The molecular weight excluding hydrogens is 212 g/mol. The average molecular weight is 232 g/mol. The molecule has 1 aliphatic heterocycles. The molecular formula is C14H20N2O.